The van der Waals surface area contributed by atoms with Gasteiger partial charge in [0.15, 0.2) is 11.5 Å². The van der Waals surface area contributed by atoms with Crippen LogP contribution in [0.15, 0.2) is 10.8 Å². The largest absolute Gasteiger partial charge is 0.444 e. The predicted molar refractivity (Wildman–Crippen MR) is 97.7 cm³/mol. The van der Waals surface area contributed by atoms with Gasteiger partial charge >= 0.3 is 6.09 Å². The fourth-order valence-corrected chi connectivity index (χ4v) is 3.13. The van der Waals surface area contributed by atoms with Crippen molar-refractivity contribution in [2.24, 2.45) is 0 Å². The second-order valence-electron chi connectivity index (χ2n) is 7.21. The van der Waals surface area contributed by atoms with E-state index in [4.69, 9.17) is 4.74 Å². The Labute approximate surface area is 155 Å². The number of likely N-dealkylation sites (tertiary alicyclic amines) is 1. The van der Waals surface area contributed by atoms with Gasteiger partial charge in [-0.3, -0.25) is 0 Å². The molecule has 1 saturated heterocycles. The van der Waals surface area contributed by atoms with Crippen molar-refractivity contribution in [2.45, 2.75) is 52.2 Å². The lowest BCUT2D eigenvalue weighted by molar-refractivity contribution is 0.0210. The molecule has 1 N–H and O–H groups in total. The summed E-state index contributed by atoms with van der Waals surface area (Å²) in [4.78, 5) is 22.7. The van der Waals surface area contributed by atoms with Crippen molar-refractivity contribution in [3.05, 3.63) is 16.6 Å². The van der Waals surface area contributed by atoms with Crippen LogP contribution in [0.3, 0.4) is 0 Å². The number of amides is 1. The number of fused-ring (bicyclic) bond motifs is 1. The van der Waals surface area contributed by atoms with Crippen molar-refractivity contribution in [1.82, 2.24) is 24.5 Å². The van der Waals surface area contributed by atoms with Crippen molar-refractivity contribution in [3.63, 3.8) is 0 Å². The number of ether oxygens (including phenoxy) is 1. The average molecular weight is 411 g/mol. The van der Waals surface area contributed by atoms with Gasteiger partial charge in [-0.15, -0.1) is 0 Å². The van der Waals surface area contributed by atoms with Crippen molar-refractivity contribution in [1.29, 1.82) is 0 Å². The number of rotatable bonds is 2. The Kier molecular flexibility index (Phi) is 4.86. The van der Waals surface area contributed by atoms with Crippen LogP contribution in [0.4, 0.5) is 10.6 Å². The van der Waals surface area contributed by atoms with Gasteiger partial charge in [-0.25, -0.2) is 19.3 Å². The van der Waals surface area contributed by atoms with Crippen LogP contribution in [0.25, 0.3) is 5.65 Å². The number of aromatic nitrogens is 4. The van der Waals surface area contributed by atoms with E-state index in [1.54, 1.807) is 15.6 Å². The summed E-state index contributed by atoms with van der Waals surface area (Å²) in [7, 11) is 0. The minimum Gasteiger partial charge on any atom is -0.444 e. The van der Waals surface area contributed by atoms with E-state index in [1.165, 1.54) is 0 Å². The van der Waals surface area contributed by atoms with Crippen LogP contribution in [0.5, 0.6) is 0 Å². The molecule has 1 aliphatic rings. The lowest BCUT2D eigenvalue weighted by Gasteiger charge is -2.33. The molecule has 136 valence electrons. The van der Waals surface area contributed by atoms with Crippen molar-refractivity contribution < 1.29 is 9.53 Å². The summed E-state index contributed by atoms with van der Waals surface area (Å²) in [6, 6.07) is 0.229. The third-order valence-corrected chi connectivity index (χ3v) is 4.45. The van der Waals surface area contributed by atoms with Crippen molar-refractivity contribution in [3.8, 4) is 0 Å². The second kappa shape index (κ2) is 6.78. The van der Waals surface area contributed by atoms with Crippen LogP contribution in [-0.2, 0) is 4.74 Å². The van der Waals surface area contributed by atoms with Gasteiger partial charge < -0.3 is 15.0 Å². The zero-order valence-corrected chi connectivity index (χ0v) is 16.5. The molecule has 9 heteroatoms. The Morgan fingerprint density at radius 1 is 1.36 bits per heavy atom. The van der Waals surface area contributed by atoms with Gasteiger partial charge in [0.1, 0.15) is 16.0 Å². The highest BCUT2D eigenvalue weighted by atomic mass is 79.9. The molecule has 25 heavy (non-hydrogen) atoms. The van der Waals surface area contributed by atoms with E-state index < -0.39 is 5.60 Å². The first-order valence-electron chi connectivity index (χ1n) is 8.35. The SMILES string of the molecule is Cc1nc(NC2CCN(C(=O)OC(C)(C)C)CC2)c2ncc(Br)n2n1. The summed E-state index contributed by atoms with van der Waals surface area (Å²) in [5.41, 5.74) is 0.219. The average Bonchev–Trinajstić information content (AvgIpc) is 2.88. The fourth-order valence-electron chi connectivity index (χ4n) is 2.78. The number of nitrogens with one attached hydrogen (secondary N) is 1. The molecule has 1 fully saturated rings. The van der Waals surface area contributed by atoms with Crippen molar-refractivity contribution >= 4 is 33.5 Å². The molecule has 3 heterocycles. The minimum atomic E-state index is -0.468. The van der Waals surface area contributed by atoms with Crippen LogP contribution >= 0.6 is 15.9 Å². The Bertz CT molecular complexity index is 777. The summed E-state index contributed by atoms with van der Waals surface area (Å²) >= 11 is 3.43. The molecule has 0 aromatic carbocycles. The molecule has 3 rings (SSSR count). The second-order valence-corrected chi connectivity index (χ2v) is 8.02. The van der Waals surface area contributed by atoms with Gasteiger partial charge in [0.25, 0.3) is 0 Å². The maximum atomic E-state index is 12.1. The number of nitrogens with zero attached hydrogens (tertiary/aromatic N) is 5. The van der Waals surface area contributed by atoms with Gasteiger partial charge in [-0.2, -0.15) is 5.10 Å². The number of carbonyl (C=O) groups is 1. The lowest BCUT2D eigenvalue weighted by atomic mass is 10.1. The summed E-state index contributed by atoms with van der Waals surface area (Å²) in [6.07, 6.45) is 3.12. The van der Waals surface area contributed by atoms with E-state index in [2.05, 4.69) is 36.3 Å². The number of aryl methyl sites for hydroxylation is 1. The topological polar surface area (TPSA) is 84.7 Å². The molecular formula is C16H23BrN6O2. The highest BCUT2D eigenvalue weighted by Crippen LogP contribution is 2.22. The number of imidazole rings is 1. The normalized spacial score (nSPS) is 16.3. The quantitative estimate of drug-likeness (QED) is 0.818. The summed E-state index contributed by atoms with van der Waals surface area (Å²) in [5, 5.41) is 7.80. The number of anilines is 1. The first-order chi connectivity index (χ1) is 11.7. The highest BCUT2D eigenvalue weighted by Gasteiger charge is 2.27. The number of carbonyl (C=O) groups excluding carboxylic acids is 1. The monoisotopic (exact) mass is 410 g/mol. The van der Waals surface area contributed by atoms with Gasteiger partial charge in [-0.1, -0.05) is 0 Å². The van der Waals surface area contributed by atoms with Crippen molar-refractivity contribution in [2.75, 3.05) is 18.4 Å². The maximum absolute atomic E-state index is 12.1. The Hall–Kier alpha value is -1.90. The standard InChI is InChI=1S/C16H23BrN6O2/c1-10-19-13(14-18-9-12(17)23(14)21-10)20-11-5-7-22(8-6-11)15(24)25-16(2,3)4/h9,11H,5-8H2,1-4H3,(H,19,20,21). The lowest BCUT2D eigenvalue weighted by Crippen LogP contribution is -2.44. The fraction of sp³-hybridized carbons (Fsp3) is 0.625. The maximum Gasteiger partial charge on any atom is 0.410 e. The predicted octanol–water partition coefficient (Wildman–Crippen LogP) is 3.01. The molecule has 1 amide bonds. The Morgan fingerprint density at radius 3 is 2.68 bits per heavy atom. The van der Waals surface area contributed by atoms with E-state index in [1.807, 2.05) is 27.7 Å². The van der Waals surface area contributed by atoms with E-state index in [0.29, 0.717) is 30.4 Å². The molecular weight excluding hydrogens is 388 g/mol. The first-order valence-corrected chi connectivity index (χ1v) is 9.14. The number of hydrogen-bond donors (Lipinski definition) is 1. The van der Waals surface area contributed by atoms with E-state index in [9.17, 15) is 4.79 Å². The molecule has 0 saturated carbocycles. The van der Waals surface area contributed by atoms with Gasteiger partial charge in [-0.05, 0) is 56.5 Å². The summed E-state index contributed by atoms with van der Waals surface area (Å²) in [6.45, 7) is 8.80. The molecule has 8 nitrogen and oxygen atoms in total. The zero-order chi connectivity index (χ0) is 18.2. The molecule has 0 unspecified atom stereocenters. The third-order valence-electron chi connectivity index (χ3n) is 3.91. The van der Waals surface area contributed by atoms with Gasteiger partial charge in [0, 0.05) is 19.1 Å². The van der Waals surface area contributed by atoms with E-state index in [-0.39, 0.29) is 12.1 Å². The van der Waals surface area contributed by atoms with Gasteiger partial charge in [0.05, 0.1) is 6.20 Å². The third kappa shape index (κ3) is 4.20. The number of piperidine rings is 1. The minimum absolute atomic E-state index is 0.229. The summed E-state index contributed by atoms with van der Waals surface area (Å²) in [5.74, 6) is 1.38. The van der Waals surface area contributed by atoms with Crippen LogP contribution in [-0.4, -0.2) is 55.3 Å². The highest BCUT2D eigenvalue weighted by molar-refractivity contribution is 9.10. The van der Waals surface area contributed by atoms with Crippen LogP contribution in [0, 0.1) is 6.92 Å². The molecule has 2 aromatic heterocycles. The van der Waals surface area contributed by atoms with E-state index >= 15 is 0 Å². The molecule has 0 aliphatic carbocycles. The molecule has 0 spiro atoms. The van der Waals surface area contributed by atoms with Gasteiger partial charge in [0.2, 0.25) is 0 Å². The zero-order valence-electron chi connectivity index (χ0n) is 14.9. The number of halogens is 1. The smallest absolute Gasteiger partial charge is 0.410 e. The molecule has 0 bridgehead atoms. The van der Waals surface area contributed by atoms with E-state index in [0.717, 1.165) is 17.4 Å². The first kappa shape index (κ1) is 17.9. The molecule has 0 radical (unpaired) electrons. The Morgan fingerprint density at radius 2 is 2.04 bits per heavy atom. The number of hydrogen-bond acceptors (Lipinski definition) is 6. The van der Waals surface area contributed by atoms with Crippen LogP contribution in [0.2, 0.25) is 0 Å². The molecule has 2 aromatic rings. The van der Waals surface area contributed by atoms with Crippen LogP contribution in [0.1, 0.15) is 39.4 Å². The summed E-state index contributed by atoms with van der Waals surface area (Å²) < 4.78 is 7.94. The van der Waals surface area contributed by atoms with Crippen LogP contribution < -0.4 is 5.32 Å². The molecule has 1 aliphatic heterocycles. The molecule has 0 atom stereocenters. The Balaban J connectivity index is 1.64.